The molecule has 0 atom stereocenters. The van der Waals surface area contributed by atoms with E-state index in [1.54, 1.807) is 37.3 Å². The molecule has 1 aromatic carbocycles. The fourth-order valence-electron chi connectivity index (χ4n) is 2.98. The van der Waals surface area contributed by atoms with Crippen LogP contribution >= 0.6 is 11.6 Å². The molecule has 0 radical (unpaired) electrons. The predicted octanol–water partition coefficient (Wildman–Crippen LogP) is 4.44. The van der Waals surface area contributed by atoms with Gasteiger partial charge >= 0.3 is 0 Å². The average Bonchev–Trinajstić information content (AvgIpc) is 2.55. The largest absolute Gasteiger partial charge is 0.367 e. The highest BCUT2D eigenvalue weighted by molar-refractivity contribution is 6.30. The predicted molar refractivity (Wildman–Crippen MR) is 96.7 cm³/mol. The first-order valence-electron chi connectivity index (χ1n) is 8.29. The lowest BCUT2D eigenvalue weighted by Gasteiger charge is -2.23. The lowest BCUT2D eigenvalue weighted by Crippen LogP contribution is -2.24. The Labute approximate surface area is 146 Å². The van der Waals surface area contributed by atoms with Crippen molar-refractivity contribution in [2.24, 2.45) is 0 Å². The van der Waals surface area contributed by atoms with Gasteiger partial charge in [0.15, 0.2) is 0 Å². The van der Waals surface area contributed by atoms with E-state index in [0.29, 0.717) is 34.1 Å². The topological polar surface area (TPSA) is 66.9 Å². The van der Waals surface area contributed by atoms with Crippen LogP contribution in [-0.2, 0) is 0 Å². The Morgan fingerprint density at radius 1 is 1.17 bits per heavy atom. The first kappa shape index (κ1) is 16.7. The van der Waals surface area contributed by atoms with Crippen molar-refractivity contribution >= 4 is 29.0 Å². The van der Waals surface area contributed by atoms with Crippen molar-refractivity contribution in [1.29, 1.82) is 0 Å². The van der Waals surface area contributed by atoms with Crippen molar-refractivity contribution in [3.63, 3.8) is 0 Å². The van der Waals surface area contributed by atoms with Gasteiger partial charge in [0.1, 0.15) is 17.3 Å². The van der Waals surface area contributed by atoms with E-state index in [1.165, 1.54) is 19.3 Å². The number of aromatic nitrogens is 2. The van der Waals surface area contributed by atoms with Gasteiger partial charge in [-0.25, -0.2) is 9.97 Å². The van der Waals surface area contributed by atoms with Gasteiger partial charge in [-0.05, 0) is 38.0 Å². The van der Waals surface area contributed by atoms with Gasteiger partial charge < -0.3 is 10.6 Å². The number of carbonyl (C=O) groups is 1. The van der Waals surface area contributed by atoms with Gasteiger partial charge in [0.05, 0.1) is 0 Å². The summed E-state index contributed by atoms with van der Waals surface area (Å²) < 4.78 is 0. The van der Waals surface area contributed by atoms with Crippen molar-refractivity contribution in [3.05, 3.63) is 46.9 Å². The molecule has 24 heavy (non-hydrogen) atoms. The zero-order valence-electron chi connectivity index (χ0n) is 13.7. The fraction of sp³-hybridized carbons (Fsp3) is 0.389. The summed E-state index contributed by atoms with van der Waals surface area (Å²) in [6, 6.07) is 9.18. The van der Waals surface area contributed by atoms with Crippen LogP contribution in [0.15, 0.2) is 30.3 Å². The lowest BCUT2D eigenvalue weighted by atomic mass is 9.95. The molecule has 0 saturated heterocycles. The van der Waals surface area contributed by atoms with E-state index in [0.717, 1.165) is 12.8 Å². The van der Waals surface area contributed by atoms with Crippen molar-refractivity contribution in [2.75, 3.05) is 10.6 Å². The third-order valence-electron chi connectivity index (χ3n) is 4.11. The highest BCUT2D eigenvalue weighted by Crippen LogP contribution is 2.21. The van der Waals surface area contributed by atoms with E-state index in [4.69, 9.17) is 11.6 Å². The van der Waals surface area contributed by atoms with Crippen molar-refractivity contribution in [2.45, 2.75) is 45.1 Å². The van der Waals surface area contributed by atoms with Gasteiger partial charge in [-0.2, -0.15) is 0 Å². The minimum atomic E-state index is -0.269. The number of benzene rings is 1. The van der Waals surface area contributed by atoms with Crippen LogP contribution < -0.4 is 10.6 Å². The molecule has 1 saturated carbocycles. The van der Waals surface area contributed by atoms with E-state index in [2.05, 4.69) is 20.6 Å². The highest BCUT2D eigenvalue weighted by atomic mass is 35.5. The summed E-state index contributed by atoms with van der Waals surface area (Å²) in [5.41, 5.74) is 0.992. The molecule has 1 heterocycles. The van der Waals surface area contributed by atoms with E-state index in [9.17, 15) is 4.79 Å². The number of rotatable bonds is 4. The smallest absolute Gasteiger partial charge is 0.274 e. The number of amides is 1. The van der Waals surface area contributed by atoms with Gasteiger partial charge in [0.2, 0.25) is 0 Å². The lowest BCUT2D eigenvalue weighted by molar-refractivity contribution is 0.102. The number of nitrogens with zero attached hydrogens (tertiary/aromatic N) is 2. The fourth-order valence-corrected chi connectivity index (χ4v) is 3.17. The molecular weight excluding hydrogens is 324 g/mol. The van der Waals surface area contributed by atoms with E-state index < -0.39 is 0 Å². The summed E-state index contributed by atoms with van der Waals surface area (Å²) >= 11 is 5.95. The number of aryl methyl sites for hydroxylation is 1. The molecule has 1 aliphatic carbocycles. The van der Waals surface area contributed by atoms with Gasteiger partial charge in [-0.15, -0.1) is 0 Å². The van der Waals surface area contributed by atoms with Gasteiger partial charge in [-0.3, -0.25) is 4.79 Å². The van der Waals surface area contributed by atoms with Crippen molar-refractivity contribution in [3.8, 4) is 0 Å². The molecule has 1 fully saturated rings. The number of carbonyl (C=O) groups excluding carboxylic acids is 1. The number of nitrogens with one attached hydrogen (secondary N) is 2. The minimum Gasteiger partial charge on any atom is -0.367 e. The summed E-state index contributed by atoms with van der Waals surface area (Å²) in [4.78, 5) is 21.1. The summed E-state index contributed by atoms with van der Waals surface area (Å²) in [5.74, 6) is 1.02. The second-order valence-electron chi connectivity index (χ2n) is 6.13. The molecule has 3 rings (SSSR count). The molecular formula is C18H21ClN4O. The van der Waals surface area contributed by atoms with Gasteiger partial charge in [-0.1, -0.05) is 36.9 Å². The molecule has 126 valence electrons. The van der Waals surface area contributed by atoms with Crippen LogP contribution in [0.25, 0.3) is 0 Å². The highest BCUT2D eigenvalue weighted by Gasteiger charge is 2.16. The third kappa shape index (κ3) is 4.45. The normalized spacial score (nSPS) is 15.1. The third-order valence-corrected chi connectivity index (χ3v) is 4.35. The van der Waals surface area contributed by atoms with Crippen molar-refractivity contribution in [1.82, 2.24) is 9.97 Å². The second-order valence-corrected chi connectivity index (χ2v) is 6.57. The molecule has 0 spiro atoms. The van der Waals surface area contributed by atoms with Gasteiger partial charge in [0.25, 0.3) is 5.91 Å². The monoisotopic (exact) mass is 344 g/mol. The maximum absolute atomic E-state index is 12.4. The molecule has 2 N–H and O–H groups in total. The summed E-state index contributed by atoms with van der Waals surface area (Å²) in [6.45, 7) is 1.79. The Hall–Kier alpha value is -2.14. The maximum Gasteiger partial charge on any atom is 0.274 e. The maximum atomic E-state index is 12.4. The molecule has 2 aromatic rings. The Kier molecular flexibility index (Phi) is 5.30. The molecule has 0 unspecified atom stereocenters. The van der Waals surface area contributed by atoms with Crippen molar-refractivity contribution < 1.29 is 4.79 Å². The molecule has 0 bridgehead atoms. The standard InChI is InChI=1S/C18H21ClN4O/c1-12-20-16(18(24)23-15-9-5-6-13(19)10-15)11-17(21-12)22-14-7-3-2-4-8-14/h5-6,9-11,14H,2-4,7-8H2,1H3,(H,23,24)(H,20,21,22). The Morgan fingerprint density at radius 2 is 1.96 bits per heavy atom. The number of hydrogen-bond donors (Lipinski definition) is 2. The zero-order valence-corrected chi connectivity index (χ0v) is 14.4. The Morgan fingerprint density at radius 3 is 2.71 bits per heavy atom. The summed E-state index contributed by atoms with van der Waals surface area (Å²) in [6.07, 6.45) is 6.07. The van der Waals surface area contributed by atoms with E-state index in [-0.39, 0.29) is 5.91 Å². The quantitative estimate of drug-likeness (QED) is 0.860. The zero-order chi connectivity index (χ0) is 16.9. The Balaban J connectivity index is 1.73. The average molecular weight is 345 g/mol. The number of anilines is 2. The molecule has 5 nitrogen and oxygen atoms in total. The van der Waals surface area contributed by atoms with Crippen LogP contribution in [0.3, 0.4) is 0 Å². The van der Waals surface area contributed by atoms with E-state index in [1.807, 2.05) is 0 Å². The van der Waals surface area contributed by atoms with E-state index >= 15 is 0 Å². The second kappa shape index (κ2) is 7.62. The molecule has 1 amide bonds. The van der Waals surface area contributed by atoms with Crippen LogP contribution in [-0.4, -0.2) is 21.9 Å². The molecule has 1 aliphatic rings. The molecule has 0 aliphatic heterocycles. The molecule has 1 aromatic heterocycles. The Bertz CT molecular complexity index is 729. The van der Waals surface area contributed by atoms with Crippen LogP contribution in [0.1, 0.15) is 48.4 Å². The van der Waals surface area contributed by atoms with Crippen LogP contribution in [0.2, 0.25) is 5.02 Å². The SMILES string of the molecule is Cc1nc(NC2CCCCC2)cc(C(=O)Nc2cccc(Cl)c2)n1. The minimum absolute atomic E-state index is 0.269. The first-order valence-corrected chi connectivity index (χ1v) is 8.67. The number of halogens is 1. The van der Waals surface area contributed by atoms with Gasteiger partial charge in [0, 0.05) is 22.8 Å². The number of hydrogen-bond acceptors (Lipinski definition) is 4. The molecule has 6 heteroatoms. The van der Waals surface area contributed by atoms with Crippen LogP contribution in [0, 0.1) is 6.92 Å². The van der Waals surface area contributed by atoms with Crippen LogP contribution in [0.4, 0.5) is 11.5 Å². The van der Waals surface area contributed by atoms with Crippen LogP contribution in [0.5, 0.6) is 0 Å². The first-order chi connectivity index (χ1) is 11.6. The summed E-state index contributed by atoms with van der Waals surface area (Å²) in [5, 5.41) is 6.83. The summed E-state index contributed by atoms with van der Waals surface area (Å²) in [7, 11) is 0.